The lowest BCUT2D eigenvalue weighted by atomic mass is 9.98. The fourth-order valence-corrected chi connectivity index (χ4v) is 2.06. The average Bonchev–Trinajstić information content (AvgIpc) is 2.30. The van der Waals surface area contributed by atoms with Crippen LogP contribution in [-0.4, -0.2) is 13.1 Å². The van der Waals surface area contributed by atoms with Gasteiger partial charge in [-0.25, -0.2) is 4.39 Å². The minimum Gasteiger partial charge on any atom is -0.371 e. The first-order valence-electron chi connectivity index (χ1n) is 5.65. The molecule has 1 aromatic rings. The van der Waals surface area contributed by atoms with Crippen LogP contribution in [0, 0.1) is 23.1 Å². The lowest BCUT2D eigenvalue weighted by Crippen LogP contribution is -2.32. The van der Waals surface area contributed by atoms with Crippen LogP contribution < -0.4 is 4.90 Å². The van der Waals surface area contributed by atoms with Crippen molar-refractivity contribution in [2.75, 3.05) is 18.0 Å². The minimum atomic E-state index is -0.418. The molecule has 1 aliphatic heterocycles. The summed E-state index contributed by atoms with van der Waals surface area (Å²) in [6, 6.07) is 6.69. The zero-order chi connectivity index (χ0) is 11.5. The van der Waals surface area contributed by atoms with Crippen LogP contribution in [0.25, 0.3) is 0 Å². The third-order valence-corrected chi connectivity index (χ3v) is 3.22. The highest BCUT2D eigenvalue weighted by molar-refractivity contribution is 5.50. The molecule has 1 fully saturated rings. The number of halogens is 1. The SMILES string of the molecule is CC1CCN(c2ccc(C#N)c(F)c2)CC1. The third-order valence-electron chi connectivity index (χ3n) is 3.22. The normalized spacial score (nSPS) is 17.2. The van der Waals surface area contributed by atoms with E-state index in [1.165, 1.54) is 6.07 Å². The summed E-state index contributed by atoms with van der Waals surface area (Å²) in [5.41, 5.74) is 1.01. The summed E-state index contributed by atoms with van der Waals surface area (Å²) < 4.78 is 13.4. The second-order valence-corrected chi connectivity index (χ2v) is 4.45. The van der Waals surface area contributed by atoms with E-state index in [0.29, 0.717) is 0 Å². The molecule has 84 valence electrons. The van der Waals surface area contributed by atoms with Crippen LogP contribution in [0.2, 0.25) is 0 Å². The molecule has 16 heavy (non-hydrogen) atoms. The molecule has 0 radical (unpaired) electrons. The first-order chi connectivity index (χ1) is 7.70. The van der Waals surface area contributed by atoms with Gasteiger partial charge in [0.2, 0.25) is 0 Å². The molecule has 0 bridgehead atoms. The highest BCUT2D eigenvalue weighted by Crippen LogP contribution is 2.24. The lowest BCUT2D eigenvalue weighted by molar-refractivity contribution is 0.438. The molecule has 1 heterocycles. The Labute approximate surface area is 95.3 Å². The average molecular weight is 218 g/mol. The molecule has 0 unspecified atom stereocenters. The molecule has 1 aliphatic rings. The number of rotatable bonds is 1. The Morgan fingerprint density at radius 2 is 2.06 bits per heavy atom. The van der Waals surface area contributed by atoms with Crippen molar-refractivity contribution in [3.8, 4) is 6.07 Å². The molecular weight excluding hydrogens is 203 g/mol. The summed E-state index contributed by atoms with van der Waals surface area (Å²) in [6.45, 7) is 4.20. The number of anilines is 1. The maximum Gasteiger partial charge on any atom is 0.143 e. The van der Waals surface area contributed by atoms with E-state index in [2.05, 4.69) is 11.8 Å². The van der Waals surface area contributed by atoms with E-state index in [-0.39, 0.29) is 5.56 Å². The molecule has 1 aromatic carbocycles. The highest BCUT2D eigenvalue weighted by Gasteiger charge is 2.16. The van der Waals surface area contributed by atoms with Crippen LogP contribution in [-0.2, 0) is 0 Å². The van der Waals surface area contributed by atoms with Crippen molar-refractivity contribution in [2.24, 2.45) is 5.92 Å². The predicted molar refractivity (Wildman–Crippen MR) is 61.7 cm³/mol. The summed E-state index contributed by atoms with van der Waals surface area (Å²) >= 11 is 0. The molecule has 1 saturated heterocycles. The van der Waals surface area contributed by atoms with Crippen molar-refractivity contribution >= 4 is 5.69 Å². The van der Waals surface area contributed by atoms with Gasteiger partial charge >= 0.3 is 0 Å². The van der Waals surface area contributed by atoms with E-state index in [9.17, 15) is 4.39 Å². The molecular formula is C13H15FN2. The predicted octanol–water partition coefficient (Wildman–Crippen LogP) is 2.93. The van der Waals surface area contributed by atoms with E-state index in [0.717, 1.165) is 37.5 Å². The number of hydrogen-bond donors (Lipinski definition) is 0. The second-order valence-electron chi connectivity index (χ2n) is 4.45. The van der Waals surface area contributed by atoms with Crippen LogP contribution in [0.4, 0.5) is 10.1 Å². The van der Waals surface area contributed by atoms with Crippen molar-refractivity contribution in [3.63, 3.8) is 0 Å². The molecule has 0 saturated carbocycles. The zero-order valence-electron chi connectivity index (χ0n) is 9.41. The van der Waals surface area contributed by atoms with Gasteiger partial charge in [-0.3, -0.25) is 0 Å². The van der Waals surface area contributed by atoms with E-state index in [4.69, 9.17) is 5.26 Å². The minimum absolute atomic E-state index is 0.120. The van der Waals surface area contributed by atoms with Crippen molar-refractivity contribution in [1.82, 2.24) is 0 Å². The van der Waals surface area contributed by atoms with Gasteiger partial charge in [-0.05, 0) is 37.0 Å². The monoisotopic (exact) mass is 218 g/mol. The summed E-state index contributed by atoms with van der Waals surface area (Å²) in [6.07, 6.45) is 2.31. The van der Waals surface area contributed by atoms with Crippen molar-refractivity contribution in [1.29, 1.82) is 5.26 Å². The fraction of sp³-hybridized carbons (Fsp3) is 0.462. The fourth-order valence-electron chi connectivity index (χ4n) is 2.06. The van der Waals surface area contributed by atoms with Gasteiger partial charge in [0.15, 0.2) is 0 Å². The summed E-state index contributed by atoms with van der Waals surface area (Å²) in [4.78, 5) is 2.18. The number of benzene rings is 1. The van der Waals surface area contributed by atoms with E-state index in [1.807, 2.05) is 12.1 Å². The van der Waals surface area contributed by atoms with Gasteiger partial charge in [0, 0.05) is 18.8 Å². The van der Waals surface area contributed by atoms with Gasteiger partial charge in [0.05, 0.1) is 5.56 Å². The first-order valence-corrected chi connectivity index (χ1v) is 5.65. The largest absolute Gasteiger partial charge is 0.371 e. The number of hydrogen-bond acceptors (Lipinski definition) is 2. The van der Waals surface area contributed by atoms with Crippen molar-refractivity contribution < 1.29 is 4.39 Å². The van der Waals surface area contributed by atoms with Gasteiger partial charge in [0.25, 0.3) is 0 Å². The smallest absolute Gasteiger partial charge is 0.143 e. The Kier molecular flexibility index (Phi) is 3.09. The molecule has 0 spiro atoms. The number of piperidine rings is 1. The van der Waals surface area contributed by atoms with Crippen LogP contribution in [0.3, 0.4) is 0 Å². The van der Waals surface area contributed by atoms with Crippen molar-refractivity contribution in [2.45, 2.75) is 19.8 Å². The topological polar surface area (TPSA) is 27.0 Å². The van der Waals surface area contributed by atoms with E-state index >= 15 is 0 Å². The molecule has 0 amide bonds. The molecule has 0 atom stereocenters. The molecule has 0 aromatic heterocycles. The van der Waals surface area contributed by atoms with Crippen LogP contribution in [0.15, 0.2) is 18.2 Å². The van der Waals surface area contributed by atoms with E-state index in [1.54, 1.807) is 6.07 Å². The summed E-state index contributed by atoms with van der Waals surface area (Å²) in [5, 5.41) is 8.65. The first kappa shape index (κ1) is 10.9. The number of nitrogens with zero attached hydrogens (tertiary/aromatic N) is 2. The molecule has 0 aliphatic carbocycles. The van der Waals surface area contributed by atoms with Crippen molar-refractivity contribution in [3.05, 3.63) is 29.6 Å². The van der Waals surface area contributed by atoms with Gasteiger partial charge in [-0.1, -0.05) is 6.92 Å². The Balaban J connectivity index is 2.16. The summed E-state index contributed by atoms with van der Waals surface area (Å²) in [7, 11) is 0. The molecule has 0 N–H and O–H groups in total. The quantitative estimate of drug-likeness (QED) is 0.724. The Morgan fingerprint density at radius 1 is 1.38 bits per heavy atom. The van der Waals surface area contributed by atoms with E-state index < -0.39 is 5.82 Å². The Hall–Kier alpha value is -1.56. The highest BCUT2D eigenvalue weighted by atomic mass is 19.1. The molecule has 2 nitrogen and oxygen atoms in total. The zero-order valence-corrected chi connectivity index (χ0v) is 9.41. The van der Waals surface area contributed by atoms with Gasteiger partial charge in [0.1, 0.15) is 11.9 Å². The standard InChI is InChI=1S/C13H15FN2/c1-10-4-6-16(7-5-10)12-3-2-11(9-15)13(14)8-12/h2-3,8,10H,4-7H2,1H3. The van der Waals surface area contributed by atoms with Gasteiger partial charge in [-0.2, -0.15) is 5.26 Å². The van der Waals surface area contributed by atoms with Gasteiger partial charge < -0.3 is 4.90 Å². The molecule has 2 rings (SSSR count). The number of nitriles is 1. The second kappa shape index (κ2) is 4.52. The van der Waals surface area contributed by atoms with Crippen LogP contribution in [0.1, 0.15) is 25.3 Å². The summed E-state index contributed by atoms with van der Waals surface area (Å²) in [5.74, 6) is 0.345. The van der Waals surface area contributed by atoms with Crippen LogP contribution in [0.5, 0.6) is 0 Å². The van der Waals surface area contributed by atoms with Gasteiger partial charge in [-0.15, -0.1) is 0 Å². The molecule has 3 heteroatoms. The Morgan fingerprint density at radius 3 is 2.62 bits per heavy atom. The van der Waals surface area contributed by atoms with Crippen LogP contribution >= 0.6 is 0 Å². The maximum atomic E-state index is 13.4. The third kappa shape index (κ3) is 2.16. The Bertz CT molecular complexity index is 414. The lowest BCUT2D eigenvalue weighted by Gasteiger charge is -2.32. The maximum absolute atomic E-state index is 13.4.